The number of urea groups is 1. The maximum atomic E-state index is 12.8. The fourth-order valence-electron chi connectivity index (χ4n) is 3.60. The molecule has 6 nitrogen and oxygen atoms in total. The minimum absolute atomic E-state index is 0.0882. The van der Waals surface area contributed by atoms with Gasteiger partial charge in [-0.2, -0.15) is 0 Å². The molecule has 0 radical (unpaired) electrons. The average molecular weight is 346 g/mol. The number of amides is 3. The van der Waals surface area contributed by atoms with Crippen molar-refractivity contribution in [3.8, 4) is 11.5 Å². The van der Waals surface area contributed by atoms with Crippen LogP contribution in [-0.2, 0) is 4.79 Å². The summed E-state index contributed by atoms with van der Waals surface area (Å²) in [6.45, 7) is 3.10. The standard InChI is InChI=1S/C19H26N2O4/c1-2-24-15-7-9-16(10-8-15)25-14-13-21-17(22)19(20-18(21)23)11-5-3-4-6-12-19/h7-10H,2-6,11-14H2,1H3,(H,20,23). The summed E-state index contributed by atoms with van der Waals surface area (Å²) in [5.41, 5.74) is -0.674. The number of nitrogens with one attached hydrogen (secondary N) is 1. The number of carbonyl (C=O) groups is 2. The molecule has 1 saturated heterocycles. The van der Waals surface area contributed by atoms with Crippen LogP contribution in [-0.4, -0.2) is 42.1 Å². The number of hydrogen-bond acceptors (Lipinski definition) is 4. The Morgan fingerprint density at radius 1 is 1.00 bits per heavy atom. The molecule has 1 aliphatic carbocycles. The molecule has 2 aliphatic rings. The molecule has 1 aromatic rings. The summed E-state index contributed by atoms with van der Waals surface area (Å²) in [6.07, 6.45) is 5.73. The first kappa shape index (κ1) is 17.6. The summed E-state index contributed by atoms with van der Waals surface area (Å²) < 4.78 is 11.1. The second-order valence-corrected chi connectivity index (χ2v) is 6.64. The Kier molecular flexibility index (Phi) is 5.46. The van der Waals surface area contributed by atoms with E-state index in [2.05, 4.69) is 5.32 Å². The van der Waals surface area contributed by atoms with Gasteiger partial charge in [0, 0.05) is 0 Å². The maximum Gasteiger partial charge on any atom is 0.325 e. The topological polar surface area (TPSA) is 67.9 Å². The van der Waals surface area contributed by atoms with E-state index in [-0.39, 0.29) is 25.1 Å². The highest BCUT2D eigenvalue weighted by Crippen LogP contribution is 2.32. The van der Waals surface area contributed by atoms with Gasteiger partial charge in [-0.25, -0.2) is 4.79 Å². The van der Waals surface area contributed by atoms with E-state index in [1.807, 2.05) is 31.2 Å². The SMILES string of the molecule is CCOc1ccc(OCCN2C(=O)NC3(CCCCCC3)C2=O)cc1. The van der Waals surface area contributed by atoms with Crippen LogP contribution in [0.1, 0.15) is 45.4 Å². The van der Waals surface area contributed by atoms with E-state index < -0.39 is 5.54 Å². The molecule has 0 aromatic heterocycles. The molecule has 25 heavy (non-hydrogen) atoms. The average Bonchev–Trinajstić information content (AvgIpc) is 2.77. The Labute approximate surface area is 148 Å². The van der Waals surface area contributed by atoms with E-state index >= 15 is 0 Å². The predicted octanol–water partition coefficient (Wildman–Crippen LogP) is 3.11. The predicted molar refractivity (Wildman–Crippen MR) is 93.8 cm³/mol. The highest BCUT2D eigenvalue weighted by Gasteiger charge is 2.50. The first-order chi connectivity index (χ1) is 12.1. The van der Waals surface area contributed by atoms with E-state index in [1.54, 1.807) is 0 Å². The molecule has 6 heteroatoms. The minimum Gasteiger partial charge on any atom is -0.494 e. The third-order valence-corrected chi connectivity index (χ3v) is 4.92. The number of rotatable bonds is 6. The molecule has 1 saturated carbocycles. The van der Waals surface area contributed by atoms with Crippen molar-refractivity contribution in [2.24, 2.45) is 0 Å². The number of ether oxygens (including phenoxy) is 2. The van der Waals surface area contributed by atoms with Gasteiger partial charge in [0.15, 0.2) is 0 Å². The Hall–Kier alpha value is -2.24. The monoisotopic (exact) mass is 346 g/mol. The minimum atomic E-state index is -0.674. The van der Waals surface area contributed by atoms with Crippen LogP contribution in [0.3, 0.4) is 0 Å². The second-order valence-electron chi connectivity index (χ2n) is 6.64. The van der Waals surface area contributed by atoms with Crippen LogP contribution < -0.4 is 14.8 Å². The quantitative estimate of drug-likeness (QED) is 0.804. The van der Waals surface area contributed by atoms with Crippen molar-refractivity contribution in [2.45, 2.75) is 51.0 Å². The number of nitrogens with zero attached hydrogens (tertiary/aromatic N) is 1. The fraction of sp³-hybridized carbons (Fsp3) is 0.579. The van der Waals surface area contributed by atoms with Gasteiger partial charge in [-0.05, 0) is 44.0 Å². The molecular formula is C19H26N2O4. The zero-order valence-corrected chi connectivity index (χ0v) is 14.8. The highest BCUT2D eigenvalue weighted by atomic mass is 16.5. The van der Waals surface area contributed by atoms with E-state index in [0.29, 0.717) is 12.4 Å². The largest absolute Gasteiger partial charge is 0.494 e. The smallest absolute Gasteiger partial charge is 0.325 e. The summed E-state index contributed by atoms with van der Waals surface area (Å²) >= 11 is 0. The second kappa shape index (κ2) is 7.76. The van der Waals surface area contributed by atoms with Crippen molar-refractivity contribution in [1.29, 1.82) is 0 Å². The van der Waals surface area contributed by atoms with Gasteiger partial charge in [0.2, 0.25) is 0 Å². The van der Waals surface area contributed by atoms with E-state index in [9.17, 15) is 9.59 Å². The molecule has 1 heterocycles. The Morgan fingerprint density at radius 2 is 1.60 bits per heavy atom. The van der Waals surface area contributed by atoms with Crippen molar-refractivity contribution in [1.82, 2.24) is 10.2 Å². The van der Waals surface area contributed by atoms with Gasteiger partial charge in [0.05, 0.1) is 13.2 Å². The first-order valence-electron chi connectivity index (χ1n) is 9.14. The van der Waals surface area contributed by atoms with E-state index in [1.165, 1.54) is 4.90 Å². The van der Waals surface area contributed by atoms with E-state index in [4.69, 9.17) is 9.47 Å². The molecule has 0 atom stereocenters. The summed E-state index contributed by atoms with van der Waals surface area (Å²) in [5, 5.41) is 2.94. The molecule has 1 N–H and O–H groups in total. The zero-order valence-electron chi connectivity index (χ0n) is 14.8. The molecule has 3 amide bonds. The van der Waals surface area contributed by atoms with Gasteiger partial charge in [-0.3, -0.25) is 9.69 Å². The van der Waals surface area contributed by atoms with Crippen LogP contribution in [0, 0.1) is 0 Å². The lowest BCUT2D eigenvalue weighted by molar-refractivity contribution is -0.132. The lowest BCUT2D eigenvalue weighted by Gasteiger charge is -2.24. The van der Waals surface area contributed by atoms with E-state index in [0.717, 1.165) is 44.3 Å². The Balaban J connectivity index is 1.54. The number of imide groups is 1. The van der Waals surface area contributed by atoms with Crippen LogP contribution in [0.15, 0.2) is 24.3 Å². The van der Waals surface area contributed by atoms with Crippen LogP contribution in [0.2, 0.25) is 0 Å². The van der Waals surface area contributed by atoms with Crippen LogP contribution in [0.4, 0.5) is 4.79 Å². The summed E-state index contributed by atoms with van der Waals surface area (Å²) in [5.74, 6) is 1.40. The van der Waals surface area contributed by atoms with Crippen LogP contribution in [0.25, 0.3) is 0 Å². The Morgan fingerprint density at radius 3 is 2.20 bits per heavy atom. The molecule has 1 spiro atoms. The Bertz CT molecular complexity index is 606. The fourth-order valence-corrected chi connectivity index (χ4v) is 3.60. The van der Waals surface area contributed by atoms with Gasteiger partial charge in [-0.1, -0.05) is 25.7 Å². The first-order valence-corrected chi connectivity index (χ1v) is 9.14. The molecule has 3 rings (SSSR count). The highest BCUT2D eigenvalue weighted by molar-refractivity contribution is 6.07. The van der Waals surface area contributed by atoms with Gasteiger partial charge < -0.3 is 14.8 Å². The zero-order chi connectivity index (χ0) is 17.7. The van der Waals surface area contributed by atoms with Crippen molar-refractivity contribution in [3.63, 3.8) is 0 Å². The molecule has 0 unspecified atom stereocenters. The lowest BCUT2D eigenvalue weighted by atomic mass is 9.90. The van der Waals surface area contributed by atoms with Gasteiger partial charge in [0.25, 0.3) is 5.91 Å². The molecular weight excluding hydrogens is 320 g/mol. The van der Waals surface area contributed by atoms with Crippen molar-refractivity contribution in [3.05, 3.63) is 24.3 Å². The number of benzene rings is 1. The third-order valence-electron chi connectivity index (χ3n) is 4.92. The van der Waals surface area contributed by atoms with Crippen molar-refractivity contribution >= 4 is 11.9 Å². The van der Waals surface area contributed by atoms with Gasteiger partial charge >= 0.3 is 6.03 Å². The van der Waals surface area contributed by atoms with Crippen molar-refractivity contribution < 1.29 is 19.1 Å². The van der Waals surface area contributed by atoms with Crippen LogP contribution in [0.5, 0.6) is 11.5 Å². The van der Waals surface area contributed by atoms with Gasteiger partial charge in [0.1, 0.15) is 23.6 Å². The number of carbonyl (C=O) groups excluding carboxylic acids is 2. The number of hydrogen-bond donors (Lipinski definition) is 1. The lowest BCUT2D eigenvalue weighted by Crippen LogP contribution is -2.46. The molecule has 0 bridgehead atoms. The van der Waals surface area contributed by atoms with Gasteiger partial charge in [-0.15, -0.1) is 0 Å². The van der Waals surface area contributed by atoms with Crippen molar-refractivity contribution in [2.75, 3.05) is 19.8 Å². The molecule has 1 aliphatic heterocycles. The summed E-state index contributed by atoms with van der Waals surface area (Å²) in [7, 11) is 0. The third kappa shape index (κ3) is 3.89. The summed E-state index contributed by atoms with van der Waals surface area (Å²) in [6, 6.07) is 7.04. The summed E-state index contributed by atoms with van der Waals surface area (Å²) in [4.78, 5) is 26.3. The molecule has 136 valence electrons. The maximum absolute atomic E-state index is 12.8. The van der Waals surface area contributed by atoms with Crippen LogP contribution >= 0.6 is 0 Å². The molecule has 1 aromatic carbocycles. The molecule has 2 fully saturated rings. The normalized spacial score (nSPS) is 19.6.